The van der Waals surface area contributed by atoms with E-state index in [0.717, 1.165) is 0 Å². The van der Waals surface area contributed by atoms with Gasteiger partial charge in [0.05, 0.1) is 0 Å². The molecule has 0 bridgehead atoms. The molecule has 0 unspecified atom stereocenters. The molecule has 0 aromatic heterocycles. The van der Waals surface area contributed by atoms with Crippen LogP contribution in [0.5, 0.6) is 0 Å². The van der Waals surface area contributed by atoms with Gasteiger partial charge in [0.2, 0.25) is 0 Å². The fourth-order valence-electron chi connectivity index (χ4n) is 0.861. The van der Waals surface area contributed by atoms with Gasteiger partial charge in [-0.2, -0.15) is 0 Å². The van der Waals surface area contributed by atoms with E-state index < -0.39 is 0 Å². The SMILES string of the molecule is CSC(=S)NNC(=O)c1cccc(Cl)c1. The molecule has 6 heteroatoms. The lowest BCUT2D eigenvalue weighted by Gasteiger charge is -2.07. The first kappa shape index (κ1) is 12.3. The first-order valence-electron chi connectivity index (χ1n) is 4.03. The van der Waals surface area contributed by atoms with Gasteiger partial charge in [-0.25, -0.2) is 0 Å². The van der Waals surface area contributed by atoms with Crippen molar-refractivity contribution in [3.05, 3.63) is 34.9 Å². The number of hydrogen-bond donors (Lipinski definition) is 2. The highest BCUT2D eigenvalue weighted by Gasteiger charge is 2.05. The van der Waals surface area contributed by atoms with Crippen molar-refractivity contribution >= 4 is 45.8 Å². The zero-order valence-electron chi connectivity index (χ0n) is 7.91. The number of hydrogen-bond acceptors (Lipinski definition) is 3. The van der Waals surface area contributed by atoms with Gasteiger partial charge in [-0.05, 0) is 24.5 Å². The summed E-state index contributed by atoms with van der Waals surface area (Å²) in [5.41, 5.74) is 5.55. The van der Waals surface area contributed by atoms with E-state index in [1.54, 1.807) is 24.3 Å². The number of carbonyl (C=O) groups is 1. The lowest BCUT2D eigenvalue weighted by atomic mass is 10.2. The first-order valence-corrected chi connectivity index (χ1v) is 6.04. The zero-order chi connectivity index (χ0) is 11.3. The van der Waals surface area contributed by atoms with Crippen LogP contribution < -0.4 is 10.9 Å². The van der Waals surface area contributed by atoms with E-state index in [1.807, 2.05) is 6.26 Å². The third-order valence-corrected chi connectivity index (χ3v) is 2.86. The Morgan fingerprint density at radius 2 is 2.20 bits per heavy atom. The van der Waals surface area contributed by atoms with Crippen molar-refractivity contribution in [2.75, 3.05) is 6.26 Å². The van der Waals surface area contributed by atoms with Crippen molar-refractivity contribution in [1.29, 1.82) is 0 Å². The molecule has 1 rings (SSSR count). The third kappa shape index (κ3) is 4.07. The highest BCUT2D eigenvalue weighted by atomic mass is 35.5. The second kappa shape index (κ2) is 5.95. The average Bonchev–Trinajstić information content (AvgIpc) is 2.25. The van der Waals surface area contributed by atoms with Crippen LogP contribution in [0.15, 0.2) is 24.3 Å². The molecule has 0 atom stereocenters. The summed E-state index contributed by atoms with van der Waals surface area (Å²) >= 11 is 12.0. The summed E-state index contributed by atoms with van der Waals surface area (Å²) < 4.78 is 0.505. The van der Waals surface area contributed by atoms with Gasteiger partial charge in [-0.1, -0.05) is 41.6 Å². The van der Waals surface area contributed by atoms with Gasteiger partial charge in [-0.3, -0.25) is 15.6 Å². The maximum atomic E-state index is 11.5. The Balaban J connectivity index is 2.58. The third-order valence-electron chi connectivity index (χ3n) is 1.55. The van der Waals surface area contributed by atoms with E-state index in [0.29, 0.717) is 14.9 Å². The second-order valence-electron chi connectivity index (χ2n) is 2.58. The highest BCUT2D eigenvalue weighted by molar-refractivity contribution is 8.22. The van der Waals surface area contributed by atoms with Gasteiger partial charge in [-0.15, -0.1) is 0 Å². The molecule has 80 valence electrons. The van der Waals surface area contributed by atoms with Crippen molar-refractivity contribution in [3.8, 4) is 0 Å². The van der Waals surface area contributed by atoms with Crippen LogP contribution in [0, 0.1) is 0 Å². The van der Waals surface area contributed by atoms with Crippen molar-refractivity contribution in [3.63, 3.8) is 0 Å². The molecule has 0 fully saturated rings. The summed E-state index contributed by atoms with van der Waals surface area (Å²) in [6.45, 7) is 0. The standard InChI is InChI=1S/C9H9ClN2OS2/c1-15-9(14)12-11-8(13)6-3-2-4-7(10)5-6/h2-5H,1H3,(H,11,13)(H,12,14). The molecule has 0 spiro atoms. The zero-order valence-corrected chi connectivity index (χ0v) is 10.3. The minimum absolute atomic E-state index is 0.270. The van der Waals surface area contributed by atoms with E-state index >= 15 is 0 Å². The van der Waals surface area contributed by atoms with Crippen molar-refractivity contribution in [2.45, 2.75) is 0 Å². The highest BCUT2D eigenvalue weighted by Crippen LogP contribution is 2.10. The van der Waals surface area contributed by atoms with Gasteiger partial charge in [0.1, 0.15) is 0 Å². The molecule has 1 amide bonds. The van der Waals surface area contributed by atoms with Crippen LogP contribution in [0.4, 0.5) is 0 Å². The summed E-state index contributed by atoms with van der Waals surface area (Å²) in [7, 11) is 0. The lowest BCUT2D eigenvalue weighted by molar-refractivity contribution is 0.0944. The molecule has 1 aromatic rings. The summed E-state index contributed by atoms with van der Waals surface area (Å²) in [5.74, 6) is -0.270. The van der Waals surface area contributed by atoms with Crippen molar-refractivity contribution < 1.29 is 4.79 Å². The van der Waals surface area contributed by atoms with Gasteiger partial charge in [0.25, 0.3) is 5.91 Å². The van der Waals surface area contributed by atoms with E-state index in [4.69, 9.17) is 23.8 Å². The van der Waals surface area contributed by atoms with Crippen LogP contribution in [0.3, 0.4) is 0 Å². The maximum absolute atomic E-state index is 11.5. The lowest BCUT2D eigenvalue weighted by Crippen LogP contribution is -2.39. The minimum Gasteiger partial charge on any atom is -0.283 e. The molecule has 2 N–H and O–H groups in total. The number of thiocarbonyl (C=S) groups is 1. The number of benzene rings is 1. The normalized spacial score (nSPS) is 9.47. The Kier molecular flexibility index (Phi) is 4.87. The Morgan fingerprint density at radius 3 is 2.80 bits per heavy atom. The fourth-order valence-corrected chi connectivity index (χ4v) is 1.26. The minimum atomic E-state index is -0.270. The molecule has 0 saturated heterocycles. The molecular formula is C9H9ClN2OS2. The maximum Gasteiger partial charge on any atom is 0.269 e. The molecule has 0 aliphatic rings. The Labute approximate surface area is 103 Å². The van der Waals surface area contributed by atoms with E-state index in [9.17, 15) is 4.79 Å². The topological polar surface area (TPSA) is 41.1 Å². The van der Waals surface area contributed by atoms with Crippen molar-refractivity contribution in [1.82, 2.24) is 10.9 Å². The summed E-state index contributed by atoms with van der Waals surface area (Å²) in [6, 6.07) is 6.67. The van der Waals surface area contributed by atoms with Crippen LogP contribution in [-0.2, 0) is 0 Å². The largest absolute Gasteiger partial charge is 0.283 e. The predicted octanol–water partition coefficient (Wildman–Crippen LogP) is 2.22. The van der Waals surface area contributed by atoms with Crippen LogP contribution in [-0.4, -0.2) is 16.5 Å². The average molecular weight is 261 g/mol. The Bertz CT molecular complexity index is 384. The number of thioether (sulfide) groups is 1. The smallest absolute Gasteiger partial charge is 0.269 e. The Morgan fingerprint density at radius 1 is 1.47 bits per heavy atom. The van der Waals surface area contributed by atoms with Crippen LogP contribution in [0.1, 0.15) is 10.4 Å². The first-order chi connectivity index (χ1) is 7.13. The summed E-state index contributed by atoms with van der Waals surface area (Å²) in [6.07, 6.45) is 1.82. The summed E-state index contributed by atoms with van der Waals surface area (Å²) in [4.78, 5) is 11.5. The van der Waals surface area contributed by atoms with E-state index in [2.05, 4.69) is 10.9 Å². The number of nitrogens with one attached hydrogen (secondary N) is 2. The quantitative estimate of drug-likeness (QED) is 0.600. The molecule has 0 heterocycles. The molecule has 0 aliphatic carbocycles. The predicted molar refractivity (Wildman–Crippen MR) is 68.2 cm³/mol. The van der Waals surface area contributed by atoms with Crippen LogP contribution >= 0.6 is 35.6 Å². The molecular weight excluding hydrogens is 252 g/mol. The van der Waals surface area contributed by atoms with Gasteiger partial charge in [0, 0.05) is 10.6 Å². The number of carbonyl (C=O) groups excluding carboxylic acids is 1. The monoisotopic (exact) mass is 260 g/mol. The molecule has 0 aliphatic heterocycles. The van der Waals surface area contributed by atoms with Gasteiger partial charge < -0.3 is 0 Å². The Hall–Kier alpha value is -0.780. The molecule has 1 aromatic carbocycles. The van der Waals surface area contributed by atoms with E-state index in [1.165, 1.54) is 11.8 Å². The van der Waals surface area contributed by atoms with E-state index in [-0.39, 0.29) is 5.91 Å². The molecule has 0 saturated carbocycles. The van der Waals surface area contributed by atoms with Crippen LogP contribution in [0.2, 0.25) is 5.02 Å². The van der Waals surface area contributed by atoms with Gasteiger partial charge in [0.15, 0.2) is 4.32 Å². The van der Waals surface area contributed by atoms with Crippen molar-refractivity contribution in [2.24, 2.45) is 0 Å². The molecule has 15 heavy (non-hydrogen) atoms. The number of hydrazine groups is 1. The molecule has 3 nitrogen and oxygen atoms in total. The number of amides is 1. The second-order valence-corrected chi connectivity index (χ2v) is 4.50. The number of halogens is 1. The molecule has 0 radical (unpaired) electrons. The van der Waals surface area contributed by atoms with Gasteiger partial charge >= 0.3 is 0 Å². The summed E-state index contributed by atoms with van der Waals surface area (Å²) in [5, 5.41) is 0.523. The van der Waals surface area contributed by atoms with Crippen LogP contribution in [0.25, 0.3) is 0 Å². The fraction of sp³-hybridized carbons (Fsp3) is 0.111. The number of rotatable bonds is 1.